The smallest absolute Gasteiger partial charge is 0.276 e. The molecule has 7 nitrogen and oxygen atoms in total. The van der Waals surface area contributed by atoms with E-state index in [-0.39, 0.29) is 0 Å². The Morgan fingerprint density at radius 1 is 1.38 bits per heavy atom. The van der Waals surface area contributed by atoms with E-state index in [0.717, 1.165) is 36.6 Å². The summed E-state index contributed by atoms with van der Waals surface area (Å²) in [5, 5.41) is 16.8. The Bertz CT molecular complexity index is 866. The van der Waals surface area contributed by atoms with Gasteiger partial charge in [-0.05, 0) is 35.3 Å². The monoisotopic (exact) mass is 346 g/mol. The zero-order valence-corrected chi connectivity index (χ0v) is 15.3. The fourth-order valence-electron chi connectivity index (χ4n) is 3.36. The van der Waals surface area contributed by atoms with Crippen LogP contribution in [-0.4, -0.2) is 44.7 Å². The van der Waals surface area contributed by atoms with Crippen molar-refractivity contribution in [2.24, 2.45) is 5.92 Å². The molecule has 1 aliphatic rings. The quantitative estimate of drug-likeness (QED) is 0.725. The number of thiophene rings is 1. The number of anilines is 1. The zero-order chi connectivity index (χ0) is 16.7. The summed E-state index contributed by atoms with van der Waals surface area (Å²) in [5.41, 5.74) is 1.45. The fourth-order valence-corrected chi connectivity index (χ4v) is 4.73. The minimum Gasteiger partial charge on any atom is -0.369 e. The molecule has 0 fully saturated rings. The highest BCUT2D eigenvalue weighted by Gasteiger charge is 2.27. The molecule has 8 heteroatoms. The Morgan fingerprint density at radius 3 is 3.04 bits per heavy atom. The van der Waals surface area contributed by atoms with Gasteiger partial charge in [-0.2, -0.15) is 9.50 Å². The van der Waals surface area contributed by atoms with Crippen molar-refractivity contribution in [3.8, 4) is 0 Å². The van der Waals surface area contributed by atoms with Gasteiger partial charge in [-0.15, -0.1) is 11.3 Å². The molecule has 0 aromatic carbocycles. The molecule has 2 N–H and O–H groups in total. The lowest BCUT2D eigenvalue weighted by molar-refractivity contribution is -0.913. The summed E-state index contributed by atoms with van der Waals surface area (Å²) in [5.74, 6) is 2.20. The van der Waals surface area contributed by atoms with Crippen LogP contribution >= 0.6 is 11.3 Å². The minimum absolute atomic E-state index is 0.577. The number of nitrogens with one attached hydrogen (secondary N) is 2. The van der Waals surface area contributed by atoms with E-state index in [1.54, 1.807) is 9.42 Å². The van der Waals surface area contributed by atoms with Crippen LogP contribution in [0.3, 0.4) is 0 Å². The van der Waals surface area contributed by atoms with E-state index in [4.69, 9.17) is 4.98 Å². The van der Waals surface area contributed by atoms with E-state index in [0.29, 0.717) is 11.7 Å². The first-order valence-electron chi connectivity index (χ1n) is 8.77. The maximum Gasteiger partial charge on any atom is 0.276 e. The molecule has 0 bridgehead atoms. The maximum absolute atomic E-state index is 4.70. The van der Waals surface area contributed by atoms with Gasteiger partial charge < -0.3 is 10.2 Å². The van der Waals surface area contributed by atoms with E-state index in [1.807, 2.05) is 11.3 Å². The second kappa shape index (κ2) is 6.25. The Morgan fingerprint density at radius 2 is 2.25 bits per heavy atom. The third-order valence-electron chi connectivity index (χ3n) is 4.82. The highest BCUT2D eigenvalue weighted by atomic mass is 32.1. The number of hydrogen-bond acceptors (Lipinski definition) is 6. The predicted octanol–water partition coefficient (Wildman–Crippen LogP) is 1.15. The summed E-state index contributed by atoms with van der Waals surface area (Å²) < 4.78 is 1.79. The molecular weight excluding hydrogens is 322 g/mol. The first-order valence-corrected chi connectivity index (χ1v) is 9.58. The van der Waals surface area contributed by atoms with E-state index in [9.17, 15) is 0 Å². The number of tetrazole rings is 1. The van der Waals surface area contributed by atoms with Crippen LogP contribution in [0.4, 0.5) is 5.82 Å². The van der Waals surface area contributed by atoms with Gasteiger partial charge in [0.25, 0.3) is 5.78 Å². The van der Waals surface area contributed by atoms with Crippen LogP contribution in [0.5, 0.6) is 0 Å². The van der Waals surface area contributed by atoms with Crippen molar-refractivity contribution in [3.63, 3.8) is 0 Å². The molecule has 24 heavy (non-hydrogen) atoms. The molecule has 4 rings (SSSR count). The molecule has 0 radical (unpaired) electrons. The van der Waals surface area contributed by atoms with Gasteiger partial charge in [0.2, 0.25) is 0 Å². The molecule has 0 spiro atoms. The molecular formula is C16H24N7S+. The van der Waals surface area contributed by atoms with Gasteiger partial charge >= 0.3 is 0 Å². The normalized spacial score (nSPS) is 17.8. The highest BCUT2D eigenvalue weighted by molar-refractivity contribution is 7.19. The molecule has 1 aliphatic heterocycles. The summed E-state index contributed by atoms with van der Waals surface area (Å²) in [6, 6.07) is 0. The van der Waals surface area contributed by atoms with E-state index < -0.39 is 0 Å². The number of hydrogen-bond donors (Lipinski definition) is 2. The Hall–Kier alpha value is -1.80. The molecule has 1 atom stereocenters. The van der Waals surface area contributed by atoms with Crippen LogP contribution in [0.15, 0.2) is 0 Å². The molecule has 1 unspecified atom stereocenters. The first kappa shape index (κ1) is 15.7. The van der Waals surface area contributed by atoms with Crippen LogP contribution in [0, 0.1) is 5.92 Å². The van der Waals surface area contributed by atoms with Crippen molar-refractivity contribution in [3.05, 3.63) is 10.4 Å². The van der Waals surface area contributed by atoms with Gasteiger partial charge in [-0.1, -0.05) is 18.9 Å². The number of quaternary nitrogens is 1. The van der Waals surface area contributed by atoms with Gasteiger partial charge in [-0.3, -0.25) is 0 Å². The number of aromatic nitrogens is 5. The molecule has 3 aromatic rings. The van der Waals surface area contributed by atoms with Crippen molar-refractivity contribution in [2.45, 2.75) is 40.2 Å². The van der Waals surface area contributed by atoms with Crippen molar-refractivity contribution in [2.75, 3.05) is 25.0 Å². The van der Waals surface area contributed by atoms with Crippen LogP contribution in [-0.2, 0) is 13.0 Å². The molecule has 0 saturated heterocycles. The average Bonchev–Trinajstić information content (AvgIpc) is 3.17. The first-order chi connectivity index (χ1) is 11.7. The summed E-state index contributed by atoms with van der Waals surface area (Å²) in [6.45, 7) is 11.1. The third-order valence-corrected chi connectivity index (χ3v) is 6.03. The highest BCUT2D eigenvalue weighted by Crippen LogP contribution is 2.36. The number of likely N-dealkylation sites (N-methyl/N-ethyl adjacent to an activating group) is 1. The lowest BCUT2D eigenvalue weighted by atomic mass is 10.0. The molecule has 0 amide bonds. The largest absolute Gasteiger partial charge is 0.369 e. The molecule has 0 aliphatic carbocycles. The summed E-state index contributed by atoms with van der Waals surface area (Å²) in [7, 11) is 0. The fraction of sp³-hybridized carbons (Fsp3) is 0.625. The molecule has 3 aromatic heterocycles. The molecule has 0 saturated carbocycles. The van der Waals surface area contributed by atoms with E-state index in [2.05, 4.69) is 41.6 Å². The van der Waals surface area contributed by atoms with Crippen molar-refractivity contribution < 1.29 is 4.90 Å². The second-order valence-corrected chi connectivity index (χ2v) is 8.01. The standard InChI is InChI=1S/C16H23N7S/c1-4-22-8-6-11-12(9-22)24-15-13(11)14(17-7-5-10(2)3)18-16-19-20-21-23(15)16/h10H,4-9H2,1-3H3,(H,17,18,19,21)/p+1. The van der Waals surface area contributed by atoms with Crippen molar-refractivity contribution in [1.82, 2.24) is 25.0 Å². The van der Waals surface area contributed by atoms with Crippen molar-refractivity contribution in [1.29, 1.82) is 0 Å². The summed E-state index contributed by atoms with van der Waals surface area (Å²) in [4.78, 5) is 8.93. The van der Waals surface area contributed by atoms with Gasteiger partial charge in [0.05, 0.1) is 23.4 Å². The second-order valence-electron chi connectivity index (χ2n) is 6.92. The number of rotatable bonds is 5. The van der Waals surface area contributed by atoms with Crippen LogP contribution < -0.4 is 10.2 Å². The van der Waals surface area contributed by atoms with Gasteiger partial charge in [-0.25, -0.2) is 0 Å². The van der Waals surface area contributed by atoms with Crippen molar-refractivity contribution >= 4 is 33.1 Å². The average molecular weight is 346 g/mol. The molecule has 128 valence electrons. The van der Waals surface area contributed by atoms with Crippen LogP contribution in [0.2, 0.25) is 0 Å². The Kier molecular flexibility index (Phi) is 4.09. The molecule has 4 heterocycles. The summed E-state index contributed by atoms with van der Waals surface area (Å²) in [6.07, 6.45) is 2.23. The predicted molar refractivity (Wildman–Crippen MR) is 95.7 cm³/mol. The van der Waals surface area contributed by atoms with Crippen LogP contribution in [0.1, 0.15) is 37.6 Å². The van der Waals surface area contributed by atoms with Crippen LogP contribution in [0.25, 0.3) is 16.0 Å². The van der Waals surface area contributed by atoms with Gasteiger partial charge in [0, 0.05) is 13.0 Å². The third kappa shape index (κ3) is 2.63. The lowest BCUT2D eigenvalue weighted by Crippen LogP contribution is -3.11. The lowest BCUT2D eigenvalue weighted by Gasteiger charge is -2.22. The van der Waals surface area contributed by atoms with E-state index >= 15 is 0 Å². The topological polar surface area (TPSA) is 72.4 Å². The number of nitrogens with zero attached hydrogens (tertiary/aromatic N) is 5. The Balaban J connectivity index is 1.82. The van der Waals surface area contributed by atoms with E-state index in [1.165, 1.54) is 28.9 Å². The zero-order valence-electron chi connectivity index (χ0n) is 14.5. The number of fused-ring (bicyclic) bond motifs is 5. The summed E-state index contributed by atoms with van der Waals surface area (Å²) >= 11 is 1.83. The van der Waals surface area contributed by atoms with Gasteiger partial charge in [0.1, 0.15) is 17.2 Å². The van der Waals surface area contributed by atoms with Gasteiger partial charge in [0.15, 0.2) is 0 Å². The Labute approximate surface area is 145 Å². The minimum atomic E-state index is 0.577. The SMILES string of the molecule is CC[NH+]1CCc2c(sc3c2c(NCCC(C)C)nc2nnnn23)C1. The maximum atomic E-state index is 4.70.